The highest BCUT2D eigenvalue weighted by atomic mass is 79.9. The van der Waals surface area contributed by atoms with Gasteiger partial charge in [-0.3, -0.25) is 10.1 Å². The molecule has 0 fully saturated rings. The van der Waals surface area contributed by atoms with Crippen LogP contribution in [0.4, 0.5) is 0 Å². The van der Waals surface area contributed by atoms with Crippen LogP contribution in [-0.4, -0.2) is 43.1 Å². The minimum absolute atomic E-state index is 0.210. The first-order valence-electron chi connectivity index (χ1n) is 5.48. The molecule has 0 aliphatic rings. The molecule has 0 atom stereocenters. The predicted octanol–water partition coefficient (Wildman–Crippen LogP) is 1.61. The van der Waals surface area contributed by atoms with Crippen molar-refractivity contribution >= 4 is 39.2 Å². The molecule has 0 unspecified atom stereocenters. The fourth-order valence-electron chi connectivity index (χ4n) is 1.24. The maximum Gasteiger partial charge on any atom is 0.257 e. The number of benzene rings is 1. The van der Waals surface area contributed by atoms with Crippen LogP contribution in [0.25, 0.3) is 0 Å². The zero-order chi connectivity index (χ0) is 13.5. The Morgan fingerprint density at radius 1 is 1.44 bits per heavy atom. The van der Waals surface area contributed by atoms with Crippen molar-refractivity contribution in [1.29, 1.82) is 0 Å². The first-order valence-corrected chi connectivity index (χ1v) is 6.68. The minimum Gasteiger partial charge on any atom is -0.361 e. The summed E-state index contributed by atoms with van der Waals surface area (Å²) in [6.45, 7) is 1.55. The summed E-state index contributed by atoms with van der Waals surface area (Å²) in [5, 5.41) is 5.96. The molecule has 0 bridgehead atoms. The second-order valence-electron chi connectivity index (χ2n) is 4.02. The highest BCUT2D eigenvalue weighted by molar-refractivity contribution is 9.10. The Morgan fingerprint density at radius 2 is 2.17 bits per heavy atom. The third kappa shape index (κ3) is 5.57. The van der Waals surface area contributed by atoms with Gasteiger partial charge < -0.3 is 10.2 Å². The monoisotopic (exact) mass is 329 g/mol. The van der Waals surface area contributed by atoms with E-state index in [9.17, 15) is 4.79 Å². The average molecular weight is 330 g/mol. The van der Waals surface area contributed by atoms with Crippen molar-refractivity contribution in [3.63, 3.8) is 0 Å². The lowest BCUT2D eigenvalue weighted by Crippen LogP contribution is -2.41. The summed E-state index contributed by atoms with van der Waals surface area (Å²) >= 11 is 8.36. The van der Waals surface area contributed by atoms with Crippen molar-refractivity contribution < 1.29 is 4.79 Å². The van der Waals surface area contributed by atoms with E-state index in [0.29, 0.717) is 17.2 Å². The number of rotatable bonds is 4. The van der Waals surface area contributed by atoms with Gasteiger partial charge in [-0.1, -0.05) is 22.0 Å². The number of nitrogens with one attached hydrogen (secondary N) is 2. The molecule has 18 heavy (non-hydrogen) atoms. The molecule has 6 heteroatoms. The molecule has 1 aromatic rings. The van der Waals surface area contributed by atoms with Crippen LogP contribution in [0.5, 0.6) is 0 Å². The van der Waals surface area contributed by atoms with Gasteiger partial charge in [-0.2, -0.15) is 0 Å². The van der Waals surface area contributed by atoms with Crippen LogP contribution < -0.4 is 10.6 Å². The van der Waals surface area contributed by atoms with E-state index in [-0.39, 0.29) is 5.91 Å². The number of carbonyl (C=O) groups is 1. The molecule has 1 rings (SSSR count). The largest absolute Gasteiger partial charge is 0.361 e. The lowest BCUT2D eigenvalue weighted by atomic mass is 10.2. The van der Waals surface area contributed by atoms with Crippen LogP contribution in [0.3, 0.4) is 0 Å². The standard InChI is InChI=1S/C12H16BrN3OS/c1-16(2)7-6-14-12(18)15-11(17)9-4-3-5-10(13)8-9/h3-5,8H,6-7H2,1-2H3,(H2,14,15,17,18). The lowest BCUT2D eigenvalue weighted by molar-refractivity contribution is 0.0976. The second kappa shape index (κ2) is 7.45. The quantitative estimate of drug-likeness (QED) is 0.824. The highest BCUT2D eigenvalue weighted by Crippen LogP contribution is 2.11. The number of likely N-dealkylation sites (N-methyl/N-ethyl adjacent to an activating group) is 1. The molecule has 4 nitrogen and oxygen atoms in total. The first-order chi connectivity index (χ1) is 8.49. The molecule has 1 amide bonds. The Morgan fingerprint density at radius 3 is 2.78 bits per heavy atom. The van der Waals surface area contributed by atoms with E-state index in [4.69, 9.17) is 12.2 Å². The van der Waals surface area contributed by atoms with E-state index in [0.717, 1.165) is 11.0 Å². The smallest absolute Gasteiger partial charge is 0.257 e. The SMILES string of the molecule is CN(C)CCNC(=S)NC(=O)c1cccc(Br)c1. The zero-order valence-corrected chi connectivity index (χ0v) is 12.8. The van der Waals surface area contributed by atoms with Gasteiger partial charge in [0, 0.05) is 23.1 Å². The van der Waals surface area contributed by atoms with Crippen molar-refractivity contribution in [2.75, 3.05) is 27.2 Å². The summed E-state index contributed by atoms with van der Waals surface area (Å²) in [7, 11) is 3.95. The van der Waals surface area contributed by atoms with E-state index in [1.54, 1.807) is 12.1 Å². The molecule has 2 N–H and O–H groups in total. The predicted molar refractivity (Wildman–Crippen MR) is 80.8 cm³/mol. The molecule has 0 heterocycles. The number of hydrogen-bond donors (Lipinski definition) is 2. The molecular formula is C12H16BrN3OS. The van der Waals surface area contributed by atoms with Gasteiger partial charge in [0.1, 0.15) is 0 Å². The Hall–Kier alpha value is -0.980. The van der Waals surface area contributed by atoms with Crippen LogP contribution in [0.1, 0.15) is 10.4 Å². The summed E-state index contributed by atoms with van der Waals surface area (Å²) in [5.74, 6) is -0.210. The van der Waals surface area contributed by atoms with Gasteiger partial charge in [-0.05, 0) is 44.5 Å². The van der Waals surface area contributed by atoms with E-state index in [1.165, 1.54) is 0 Å². The topological polar surface area (TPSA) is 44.4 Å². The minimum atomic E-state index is -0.210. The van der Waals surface area contributed by atoms with Crippen LogP contribution in [0.2, 0.25) is 0 Å². The summed E-state index contributed by atoms with van der Waals surface area (Å²) < 4.78 is 0.863. The molecule has 0 aliphatic heterocycles. The second-order valence-corrected chi connectivity index (χ2v) is 5.35. The van der Waals surface area contributed by atoms with Crippen LogP contribution in [0, 0.1) is 0 Å². The third-order valence-corrected chi connectivity index (χ3v) is 2.90. The van der Waals surface area contributed by atoms with E-state index in [2.05, 4.69) is 26.6 Å². The maximum absolute atomic E-state index is 11.8. The van der Waals surface area contributed by atoms with Crippen molar-refractivity contribution in [3.8, 4) is 0 Å². The van der Waals surface area contributed by atoms with E-state index < -0.39 is 0 Å². The molecule has 98 valence electrons. The van der Waals surface area contributed by atoms with Gasteiger partial charge in [0.2, 0.25) is 0 Å². The molecule has 1 aromatic carbocycles. The van der Waals surface area contributed by atoms with Crippen molar-refractivity contribution in [2.45, 2.75) is 0 Å². The van der Waals surface area contributed by atoms with Crippen molar-refractivity contribution in [1.82, 2.24) is 15.5 Å². The van der Waals surface area contributed by atoms with E-state index >= 15 is 0 Å². The number of hydrogen-bond acceptors (Lipinski definition) is 3. The highest BCUT2D eigenvalue weighted by Gasteiger charge is 2.07. The molecule has 0 saturated carbocycles. The Kier molecular flexibility index (Phi) is 6.24. The molecule has 0 aromatic heterocycles. The van der Waals surface area contributed by atoms with Crippen LogP contribution >= 0.6 is 28.1 Å². The number of amides is 1. The molecular weight excluding hydrogens is 314 g/mol. The van der Waals surface area contributed by atoms with Gasteiger partial charge in [-0.25, -0.2) is 0 Å². The van der Waals surface area contributed by atoms with Gasteiger partial charge in [-0.15, -0.1) is 0 Å². The molecule has 0 saturated heterocycles. The Labute approximate surface area is 121 Å². The zero-order valence-electron chi connectivity index (χ0n) is 10.4. The first kappa shape index (κ1) is 15.1. The van der Waals surface area contributed by atoms with Crippen LogP contribution in [0.15, 0.2) is 28.7 Å². The Bertz CT molecular complexity index is 437. The number of carbonyl (C=O) groups excluding carboxylic acids is 1. The van der Waals surface area contributed by atoms with Gasteiger partial charge in [0.05, 0.1) is 0 Å². The Balaban J connectivity index is 2.42. The summed E-state index contributed by atoms with van der Waals surface area (Å²) in [5.41, 5.74) is 0.570. The molecule has 0 spiro atoms. The van der Waals surface area contributed by atoms with Gasteiger partial charge >= 0.3 is 0 Å². The van der Waals surface area contributed by atoms with E-state index in [1.807, 2.05) is 31.1 Å². The molecule has 0 radical (unpaired) electrons. The van der Waals surface area contributed by atoms with Crippen molar-refractivity contribution in [2.24, 2.45) is 0 Å². The normalized spacial score (nSPS) is 10.2. The maximum atomic E-state index is 11.8. The number of nitrogens with zero attached hydrogens (tertiary/aromatic N) is 1. The summed E-state index contributed by atoms with van der Waals surface area (Å²) in [6.07, 6.45) is 0. The molecule has 0 aliphatic carbocycles. The van der Waals surface area contributed by atoms with Gasteiger partial charge in [0.25, 0.3) is 5.91 Å². The number of thiocarbonyl (C=S) groups is 1. The lowest BCUT2D eigenvalue weighted by Gasteiger charge is -2.12. The van der Waals surface area contributed by atoms with Gasteiger partial charge in [0.15, 0.2) is 5.11 Å². The van der Waals surface area contributed by atoms with Crippen molar-refractivity contribution in [3.05, 3.63) is 34.3 Å². The fourth-order valence-corrected chi connectivity index (χ4v) is 1.84. The number of halogens is 1. The summed E-state index contributed by atoms with van der Waals surface area (Å²) in [4.78, 5) is 13.9. The summed E-state index contributed by atoms with van der Waals surface area (Å²) in [6, 6.07) is 7.16. The van der Waals surface area contributed by atoms with Crippen LogP contribution in [-0.2, 0) is 0 Å². The fraction of sp³-hybridized carbons (Fsp3) is 0.333. The third-order valence-electron chi connectivity index (χ3n) is 2.16. The average Bonchev–Trinajstić information content (AvgIpc) is 2.28.